The molecule has 0 aliphatic carbocycles. The summed E-state index contributed by atoms with van der Waals surface area (Å²) in [5.74, 6) is 3.84. The van der Waals surface area contributed by atoms with E-state index in [0.29, 0.717) is 18.2 Å². The summed E-state index contributed by atoms with van der Waals surface area (Å²) >= 11 is 0. The van der Waals surface area contributed by atoms with Crippen molar-refractivity contribution in [2.75, 3.05) is 30.3 Å². The number of aliphatic hydroxyl groups is 1. The van der Waals surface area contributed by atoms with E-state index in [2.05, 4.69) is 16.8 Å². The van der Waals surface area contributed by atoms with E-state index in [-0.39, 0.29) is 25.3 Å². The number of sulfonamides is 1. The van der Waals surface area contributed by atoms with Gasteiger partial charge in [0.1, 0.15) is 10.9 Å². The Labute approximate surface area is 201 Å². The van der Waals surface area contributed by atoms with Crippen molar-refractivity contribution in [2.24, 2.45) is 0 Å². The Kier molecular flexibility index (Phi) is 7.19. The lowest BCUT2D eigenvalue weighted by molar-refractivity contribution is -0.376. The van der Waals surface area contributed by atoms with Gasteiger partial charge in [-0.05, 0) is 25.1 Å². The number of nitrogens with two attached hydrogens (primary N) is 1. The molecule has 1 saturated heterocycles. The molecule has 15 heteroatoms. The second-order valence-electron chi connectivity index (χ2n) is 7.76. The third-order valence-electron chi connectivity index (χ3n) is 5.57. The van der Waals surface area contributed by atoms with E-state index in [1.54, 1.807) is 0 Å². The summed E-state index contributed by atoms with van der Waals surface area (Å²) in [5, 5.41) is 9.56. The molecule has 196 valence electrons. The van der Waals surface area contributed by atoms with Crippen LogP contribution < -0.4 is 10.6 Å². The number of anilines is 2. The lowest BCUT2D eigenvalue weighted by Crippen LogP contribution is -2.55. The van der Waals surface area contributed by atoms with Gasteiger partial charge >= 0.3 is 12.4 Å². The summed E-state index contributed by atoms with van der Waals surface area (Å²) < 4.78 is 120. The Morgan fingerprint density at radius 1 is 1.08 bits per heavy atom. The maximum absolute atomic E-state index is 13.8. The van der Waals surface area contributed by atoms with E-state index in [0.717, 1.165) is 22.6 Å². The Hall–Kier alpha value is -3.09. The molecule has 1 aliphatic heterocycles. The van der Waals surface area contributed by atoms with Crippen LogP contribution >= 0.6 is 0 Å². The fraction of sp³-hybridized carbons (Fsp3) is 0.381. The molecule has 1 unspecified atom stereocenters. The van der Waals surface area contributed by atoms with Crippen LogP contribution in [0.25, 0.3) is 0 Å². The van der Waals surface area contributed by atoms with Crippen LogP contribution in [-0.2, 0) is 15.6 Å². The zero-order valence-electron chi connectivity index (χ0n) is 18.4. The number of pyridine rings is 1. The van der Waals surface area contributed by atoms with Crippen molar-refractivity contribution in [2.45, 2.75) is 35.8 Å². The monoisotopic (exact) mass is 540 g/mol. The molecule has 0 amide bonds. The van der Waals surface area contributed by atoms with Gasteiger partial charge in [-0.15, -0.1) is 5.92 Å². The average Bonchev–Trinajstić information content (AvgIpc) is 2.79. The third kappa shape index (κ3) is 4.80. The minimum atomic E-state index is -6.03. The van der Waals surface area contributed by atoms with E-state index in [9.17, 15) is 44.3 Å². The summed E-state index contributed by atoms with van der Waals surface area (Å²) in [6.07, 6.45) is -11.2. The standard InChI is InChI=1S/C21H19F7N4O3S/c1-2-3-15-12-31(36(34,35)16-10-17(22)18(29)30-11-16)8-9-32(15)14-6-4-13(5-7-14)19(33,20(23,24)25)21(26,27)28/h4-7,10-11,15,33H,8-9,12H2,1H3,(H2,29,30). The molecule has 3 N–H and O–H groups in total. The molecule has 1 aromatic carbocycles. The van der Waals surface area contributed by atoms with E-state index in [4.69, 9.17) is 5.73 Å². The number of alkyl halides is 6. The number of hydrogen-bond donors (Lipinski definition) is 2. The Morgan fingerprint density at radius 2 is 1.67 bits per heavy atom. The molecular weight excluding hydrogens is 521 g/mol. The Balaban J connectivity index is 1.90. The first kappa shape index (κ1) is 27.5. The van der Waals surface area contributed by atoms with Crippen molar-refractivity contribution in [3.8, 4) is 11.8 Å². The predicted molar refractivity (Wildman–Crippen MR) is 114 cm³/mol. The van der Waals surface area contributed by atoms with Crippen molar-refractivity contribution in [3.63, 3.8) is 0 Å². The number of nitrogen functional groups attached to an aromatic ring is 1. The normalized spacial score (nSPS) is 18.0. The average molecular weight is 540 g/mol. The molecule has 1 aromatic heterocycles. The zero-order chi connectivity index (χ0) is 27.1. The topological polar surface area (TPSA) is 99.8 Å². The SMILES string of the molecule is CC#CC1CN(S(=O)(=O)c2cnc(N)c(F)c2)CCN1c1ccc(C(O)(C(F)(F)F)C(F)(F)F)cc1. The summed E-state index contributed by atoms with van der Waals surface area (Å²) in [6.45, 7) is 1.01. The highest BCUT2D eigenvalue weighted by molar-refractivity contribution is 7.89. The molecule has 1 fully saturated rings. The number of aromatic nitrogens is 1. The molecule has 1 atom stereocenters. The van der Waals surface area contributed by atoms with Gasteiger partial charge in [0.05, 0.1) is 0 Å². The highest BCUT2D eigenvalue weighted by Gasteiger charge is 2.71. The van der Waals surface area contributed by atoms with Gasteiger partial charge in [-0.1, -0.05) is 18.1 Å². The molecule has 0 spiro atoms. The number of rotatable bonds is 4. The quantitative estimate of drug-likeness (QED) is 0.457. The maximum Gasteiger partial charge on any atom is 0.430 e. The fourth-order valence-corrected chi connectivity index (χ4v) is 5.07. The van der Waals surface area contributed by atoms with E-state index >= 15 is 0 Å². The second kappa shape index (κ2) is 9.41. The second-order valence-corrected chi connectivity index (χ2v) is 9.70. The van der Waals surface area contributed by atoms with E-state index < -0.39 is 56.1 Å². The molecule has 2 heterocycles. The largest absolute Gasteiger partial charge is 0.430 e. The molecule has 2 aromatic rings. The molecule has 7 nitrogen and oxygen atoms in total. The number of nitrogens with zero attached hydrogens (tertiary/aromatic N) is 3. The third-order valence-corrected chi connectivity index (χ3v) is 7.40. The summed E-state index contributed by atoms with van der Waals surface area (Å²) in [4.78, 5) is 4.54. The van der Waals surface area contributed by atoms with Crippen LogP contribution in [0.15, 0.2) is 41.4 Å². The summed E-state index contributed by atoms with van der Waals surface area (Å²) in [7, 11) is -4.22. The first-order valence-corrected chi connectivity index (χ1v) is 11.5. The summed E-state index contributed by atoms with van der Waals surface area (Å²) in [6, 6.07) is 2.76. The molecule has 0 radical (unpaired) electrons. The summed E-state index contributed by atoms with van der Waals surface area (Å²) in [5.41, 5.74) is -1.07. The number of hydrogen-bond acceptors (Lipinski definition) is 6. The molecule has 36 heavy (non-hydrogen) atoms. The number of piperazine rings is 1. The minimum Gasteiger partial charge on any atom is -0.381 e. The van der Waals surface area contributed by atoms with Gasteiger partial charge in [0, 0.05) is 37.1 Å². The number of halogens is 7. The van der Waals surface area contributed by atoms with Gasteiger partial charge in [-0.2, -0.15) is 30.6 Å². The van der Waals surface area contributed by atoms with Crippen LogP contribution in [0, 0.1) is 17.7 Å². The van der Waals surface area contributed by atoms with Gasteiger partial charge in [-0.25, -0.2) is 17.8 Å². The van der Waals surface area contributed by atoms with Crippen molar-refractivity contribution in [3.05, 3.63) is 47.9 Å². The van der Waals surface area contributed by atoms with Crippen molar-refractivity contribution >= 4 is 21.5 Å². The van der Waals surface area contributed by atoms with Crippen molar-refractivity contribution in [1.29, 1.82) is 0 Å². The van der Waals surface area contributed by atoms with Gasteiger partial charge in [0.25, 0.3) is 5.60 Å². The Morgan fingerprint density at radius 3 is 2.17 bits per heavy atom. The molecular formula is C21H19F7N4O3S. The number of benzene rings is 1. The van der Waals surface area contributed by atoms with Crippen LogP contribution in [0.5, 0.6) is 0 Å². The zero-order valence-corrected chi connectivity index (χ0v) is 19.2. The maximum atomic E-state index is 13.8. The van der Waals surface area contributed by atoms with Gasteiger partial charge < -0.3 is 15.7 Å². The van der Waals surface area contributed by atoms with Gasteiger partial charge in [-0.3, -0.25) is 0 Å². The van der Waals surface area contributed by atoms with Crippen LogP contribution in [0.3, 0.4) is 0 Å². The van der Waals surface area contributed by atoms with E-state index in [1.807, 2.05) is 0 Å². The van der Waals surface area contributed by atoms with Gasteiger partial charge in [0.15, 0.2) is 11.6 Å². The first-order valence-electron chi connectivity index (χ1n) is 10.1. The van der Waals surface area contributed by atoms with Crippen molar-refractivity contribution in [1.82, 2.24) is 9.29 Å². The Bertz CT molecular complexity index is 1270. The first-order chi connectivity index (χ1) is 16.5. The smallest absolute Gasteiger partial charge is 0.381 e. The lowest BCUT2D eigenvalue weighted by Gasteiger charge is -2.40. The lowest BCUT2D eigenvalue weighted by atomic mass is 9.92. The van der Waals surface area contributed by atoms with Crippen LogP contribution in [0.1, 0.15) is 12.5 Å². The molecule has 0 saturated carbocycles. The molecule has 0 bridgehead atoms. The fourth-order valence-electron chi connectivity index (χ4n) is 3.68. The van der Waals surface area contributed by atoms with Crippen LogP contribution in [-0.4, -0.2) is 60.8 Å². The van der Waals surface area contributed by atoms with E-state index in [1.165, 1.54) is 11.8 Å². The highest BCUT2D eigenvalue weighted by atomic mass is 32.2. The molecule has 1 aliphatic rings. The van der Waals surface area contributed by atoms with Crippen LogP contribution in [0.2, 0.25) is 0 Å². The predicted octanol–water partition coefficient (Wildman–Crippen LogP) is 3.02. The highest BCUT2D eigenvalue weighted by Crippen LogP contribution is 2.50. The molecule has 3 rings (SSSR count). The van der Waals surface area contributed by atoms with Crippen molar-refractivity contribution < 1.29 is 44.3 Å². The minimum absolute atomic E-state index is 0.0500. The van der Waals surface area contributed by atoms with Crippen LogP contribution in [0.4, 0.5) is 42.2 Å². The van der Waals surface area contributed by atoms with Gasteiger partial charge in [0.2, 0.25) is 10.0 Å².